The molecule has 1 aromatic carbocycles. The van der Waals surface area contributed by atoms with E-state index in [0.717, 1.165) is 14.6 Å². The molecule has 6 heteroatoms. The smallest absolute Gasteiger partial charge is 0.171 e. The number of nitrogens with zero attached hydrogens (tertiary/aromatic N) is 3. The summed E-state index contributed by atoms with van der Waals surface area (Å²) in [5, 5.41) is 4.06. The van der Waals surface area contributed by atoms with Crippen LogP contribution in [0.2, 0.25) is 0 Å². The molecule has 0 aliphatic heterocycles. The van der Waals surface area contributed by atoms with Crippen LogP contribution in [-0.4, -0.2) is 20.5 Å². The van der Waals surface area contributed by atoms with E-state index in [9.17, 15) is 4.79 Å². The zero-order valence-electron chi connectivity index (χ0n) is 9.73. The molecule has 2 aromatic rings. The summed E-state index contributed by atoms with van der Waals surface area (Å²) < 4.78 is 3.59. The molecular weight excluding hydrogens is 409 g/mol. The van der Waals surface area contributed by atoms with E-state index >= 15 is 0 Å². The van der Waals surface area contributed by atoms with Crippen LogP contribution in [0.25, 0.3) is 0 Å². The normalized spacial score (nSPS) is 10.6. The Labute approximate surface area is 127 Å². The van der Waals surface area contributed by atoms with E-state index in [0.29, 0.717) is 11.4 Å². The van der Waals surface area contributed by atoms with Crippen molar-refractivity contribution >= 4 is 44.3 Å². The lowest BCUT2D eigenvalue weighted by Crippen LogP contribution is -2.11. The van der Waals surface area contributed by atoms with Crippen molar-refractivity contribution in [2.45, 2.75) is 19.9 Å². The zero-order valence-corrected chi connectivity index (χ0v) is 13.5. The van der Waals surface area contributed by atoms with E-state index in [1.165, 1.54) is 6.33 Å². The first-order valence-corrected chi connectivity index (χ1v) is 7.34. The van der Waals surface area contributed by atoms with Gasteiger partial charge in [0.25, 0.3) is 0 Å². The molecule has 0 saturated carbocycles. The summed E-state index contributed by atoms with van der Waals surface area (Å²) in [5.74, 6) is 0.747. The Morgan fingerprint density at radius 3 is 3.00 bits per heavy atom. The maximum atomic E-state index is 12.2. The van der Waals surface area contributed by atoms with Crippen molar-refractivity contribution in [2.75, 3.05) is 0 Å². The minimum Gasteiger partial charge on any atom is -0.294 e. The summed E-state index contributed by atoms with van der Waals surface area (Å²) in [6, 6.07) is 5.72. The SMILES string of the molecule is CCn1ncnc1CC(=O)c1cc(I)ccc1Br. The van der Waals surface area contributed by atoms with Crippen LogP contribution in [0.5, 0.6) is 0 Å². The van der Waals surface area contributed by atoms with Crippen LogP contribution in [-0.2, 0) is 13.0 Å². The van der Waals surface area contributed by atoms with Gasteiger partial charge in [-0.15, -0.1) is 0 Å². The molecular formula is C12H11BrIN3O. The lowest BCUT2D eigenvalue weighted by molar-refractivity contribution is 0.0988. The third kappa shape index (κ3) is 2.97. The van der Waals surface area contributed by atoms with Gasteiger partial charge >= 0.3 is 0 Å². The molecule has 0 aliphatic rings. The van der Waals surface area contributed by atoms with Gasteiger partial charge in [0.2, 0.25) is 0 Å². The molecule has 94 valence electrons. The largest absolute Gasteiger partial charge is 0.294 e. The number of aromatic nitrogens is 3. The van der Waals surface area contributed by atoms with Gasteiger partial charge in [0.05, 0.1) is 6.42 Å². The van der Waals surface area contributed by atoms with Crippen LogP contribution in [0, 0.1) is 3.57 Å². The lowest BCUT2D eigenvalue weighted by atomic mass is 10.1. The summed E-state index contributed by atoms with van der Waals surface area (Å²) in [4.78, 5) is 16.4. The number of ketones is 1. The van der Waals surface area contributed by atoms with Crippen molar-refractivity contribution in [1.29, 1.82) is 0 Å². The lowest BCUT2D eigenvalue weighted by Gasteiger charge is -2.05. The quantitative estimate of drug-likeness (QED) is 0.565. The second-order valence-electron chi connectivity index (χ2n) is 3.72. The Morgan fingerprint density at radius 1 is 1.50 bits per heavy atom. The molecule has 0 amide bonds. The molecule has 1 heterocycles. The standard InChI is InChI=1S/C12H11BrIN3O/c1-2-17-12(15-7-16-17)6-11(18)9-5-8(14)3-4-10(9)13/h3-5,7H,2,6H2,1H3. The summed E-state index contributed by atoms with van der Waals surface area (Å²) in [6.07, 6.45) is 1.75. The van der Waals surface area contributed by atoms with Crippen molar-refractivity contribution in [3.8, 4) is 0 Å². The fraction of sp³-hybridized carbons (Fsp3) is 0.250. The molecule has 0 saturated heterocycles. The molecule has 0 unspecified atom stereocenters. The monoisotopic (exact) mass is 419 g/mol. The van der Waals surface area contributed by atoms with Gasteiger partial charge in [-0.25, -0.2) is 9.67 Å². The van der Waals surface area contributed by atoms with Crippen LogP contribution in [0.4, 0.5) is 0 Å². The first kappa shape index (κ1) is 13.7. The number of rotatable bonds is 4. The van der Waals surface area contributed by atoms with Crippen molar-refractivity contribution in [3.05, 3.63) is 44.0 Å². The first-order chi connectivity index (χ1) is 8.61. The highest BCUT2D eigenvalue weighted by Crippen LogP contribution is 2.21. The fourth-order valence-corrected chi connectivity index (χ4v) is 2.60. The Morgan fingerprint density at radius 2 is 2.28 bits per heavy atom. The van der Waals surface area contributed by atoms with Gasteiger partial charge < -0.3 is 0 Å². The van der Waals surface area contributed by atoms with Crippen molar-refractivity contribution in [3.63, 3.8) is 0 Å². The number of aryl methyl sites for hydroxylation is 1. The zero-order chi connectivity index (χ0) is 13.1. The second kappa shape index (κ2) is 5.92. The van der Waals surface area contributed by atoms with E-state index < -0.39 is 0 Å². The summed E-state index contributed by atoms with van der Waals surface area (Å²) >= 11 is 5.60. The molecule has 18 heavy (non-hydrogen) atoms. The van der Waals surface area contributed by atoms with E-state index in [1.807, 2.05) is 25.1 Å². The number of carbonyl (C=O) groups excluding carboxylic acids is 1. The summed E-state index contributed by atoms with van der Waals surface area (Å²) in [6.45, 7) is 2.69. The van der Waals surface area contributed by atoms with E-state index in [1.54, 1.807) is 4.68 Å². The average molecular weight is 420 g/mol. The topological polar surface area (TPSA) is 47.8 Å². The average Bonchev–Trinajstić information content (AvgIpc) is 2.79. The molecule has 0 radical (unpaired) electrons. The van der Waals surface area contributed by atoms with Gasteiger partial charge in [0.15, 0.2) is 5.78 Å². The number of hydrogen-bond acceptors (Lipinski definition) is 3. The predicted molar refractivity (Wildman–Crippen MR) is 80.6 cm³/mol. The van der Waals surface area contributed by atoms with Crippen LogP contribution >= 0.6 is 38.5 Å². The Hall–Kier alpha value is -0.760. The Kier molecular flexibility index (Phi) is 4.50. The molecule has 0 bridgehead atoms. The van der Waals surface area contributed by atoms with E-state index in [-0.39, 0.29) is 12.2 Å². The molecule has 0 fully saturated rings. The summed E-state index contributed by atoms with van der Waals surface area (Å²) in [5.41, 5.74) is 0.688. The van der Waals surface area contributed by atoms with Gasteiger partial charge in [-0.3, -0.25) is 4.79 Å². The summed E-state index contributed by atoms with van der Waals surface area (Å²) in [7, 11) is 0. The number of hydrogen-bond donors (Lipinski definition) is 0. The molecule has 0 N–H and O–H groups in total. The number of carbonyl (C=O) groups is 1. The highest BCUT2D eigenvalue weighted by atomic mass is 127. The van der Waals surface area contributed by atoms with Crippen molar-refractivity contribution in [2.24, 2.45) is 0 Å². The van der Waals surface area contributed by atoms with Crippen molar-refractivity contribution in [1.82, 2.24) is 14.8 Å². The Bertz CT molecular complexity index is 582. The Balaban J connectivity index is 2.25. The highest BCUT2D eigenvalue weighted by Gasteiger charge is 2.14. The van der Waals surface area contributed by atoms with Crippen LogP contribution in [0.3, 0.4) is 0 Å². The molecule has 0 atom stereocenters. The molecule has 1 aromatic heterocycles. The van der Waals surface area contributed by atoms with Gasteiger partial charge in [0, 0.05) is 20.2 Å². The van der Waals surface area contributed by atoms with Gasteiger partial charge in [0.1, 0.15) is 12.2 Å². The van der Waals surface area contributed by atoms with Crippen LogP contribution < -0.4 is 0 Å². The minimum absolute atomic E-state index is 0.0445. The number of benzene rings is 1. The minimum atomic E-state index is 0.0445. The predicted octanol–water partition coefficient (Wildman–Crippen LogP) is 3.09. The van der Waals surface area contributed by atoms with Gasteiger partial charge in [-0.05, 0) is 47.7 Å². The second-order valence-corrected chi connectivity index (χ2v) is 5.82. The van der Waals surface area contributed by atoms with Crippen LogP contribution in [0.1, 0.15) is 23.1 Å². The third-order valence-corrected chi connectivity index (χ3v) is 3.91. The fourth-order valence-electron chi connectivity index (χ4n) is 1.64. The molecule has 0 spiro atoms. The van der Waals surface area contributed by atoms with Gasteiger partial charge in [-0.2, -0.15) is 5.10 Å². The van der Waals surface area contributed by atoms with Gasteiger partial charge in [-0.1, -0.05) is 15.9 Å². The van der Waals surface area contributed by atoms with E-state index in [4.69, 9.17) is 0 Å². The maximum Gasteiger partial charge on any atom is 0.171 e. The van der Waals surface area contributed by atoms with E-state index in [2.05, 4.69) is 48.6 Å². The van der Waals surface area contributed by atoms with Crippen LogP contribution in [0.15, 0.2) is 29.0 Å². The number of halogens is 2. The first-order valence-electron chi connectivity index (χ1n) is 5.46. The molecule has 4 nitrogen and oxygen atoms in total. The van der Waals surface area contributed by atoms with Crippen molar-refractivity contribution < 1.29 is 4.79 Å². The third-order valence-electron chi connectivity index (χ3n) is 2.54. The maximum absolute atomic E-state index is 12.2. The number of Topliss-reactive ketones (excluding diaryl/α,β-unsaturated/α-hetero) is 1. The molecule has 2 rings (SSSR count). The molecule has 0 aliphatic carbocycles. The highest BCUT2D eigenvalue weighted by molar-refractivity contribution is 14.1.